The van der Waals surface area contributed by atoms with Gasteiger partial charge in [-0.1, -0.05) is 25.1 Å². The van der Waals surface area contributed by atoms with E-state index in [4.69, 9.17) is 4.74 Å². The average Bonchev–Trinajstić information content (AvgIpc) is 2.41. The van der Waals surface area contributed by atoms with Crippen LogP contribution in [0.3, 0.4) is 0 Å². The van der Waals surface area contributed by atoms with E-state index in [9.17, 15) is 0 Å². The van der Waals surface area contributed by atoms with Gasteiger partial charge in [-0.05, 0) is 58.4 Å². The zero-order chi connectivity index (χ0) is 14.5. The molecule has 1 fully saturated rings. The average molecular weight is 275 g/mol. The van der Waals surface area contributed by atoms with Crippen molar-refractivity contribution < 1.29 is 4.74 Å². The Balaban J connectivity index is 1.99. The highest BCUT2D eigenvalue weighted by atomic mass is 16.5. The van der Waals surface area contributed by atoms with Crippen LogP contribution in [-0.2, 0) is 0 Å². The summed E-state index contributed by atoms with van der Waals surface area (Å²) in [7, 11) is 0. The fourth-order valence-corrected chi connectivity index (χ4v) is 3.07. The van der Waals surface area contributed by atoms with Gasteiger partial charge in [0.05, 0.1) is 6.10 Å². The fraction of sp³-hybridized carbons (Fsp3) is 0.667. The summed E-state index contributed by atoms with van der Waals surface area (Å²) in [5, 5.41) is 3.79. The number of rotatable bonds is 5. The van der Waals surface area contributed by atoms with Crippen LogP contribution in [0.25, 0.3) is 0 Å². The molecule has 1 aliphatic carbocycles. The number of ether oxygens (including phenoxy) is 1. The van der Waals surface area contributed by atoms with Gasteiger partial charge in [0.25, 0.3) is 0 Å². The predicted molar refractivity (Wildman–Crippen MR) is 85.2 cm³/mol. The van der Waals surface area contributed by atoms with Crippen molar-refractivity contribution in [2.24, 2.45) is 5.92 Å². The number of hydrogen-bond acceptors (Lipinski definition) is 2. The zero-order valence-electron chi connectivity index (χ0n) is 13.4. The maximum Gasteiger partial charge on any atom is 0.124 e. The highest BCUT2D eigenvalue weighted by Crippen LogP contribution is 2.29. The number of hydrogen-bond donors (Lipinski definition) is 1. The van der Waals surface area contributed by atoms with Crippen molar-refractivity contribution in [2.45, 2.75) is 71.6 Å². The molecule has 0 aromatic heterocycles. The van der Waals surface area contributed by atoms with Gasteiger partial charge in [-0.15, -0.1) is 0 Å². The Morgan fingerprint density at radius 2 is 1.70 bits per heavy atom. The van der Waals surface area contributed by atoms with Crippen molar-refractivity contribution >= 4 is 0 Å². The molecule has 1 aliphatic rings. The molecule has 0 heterocycles. The van der Waals surface area contributed by atoms with Gasteiger partial charge in [0, 0.05) is 17.6 Å². The Kier molecular flexibility index (Phi) is 5.47. The lowest BCUT2D eigenvalue weighted by Gasteiger charge is -2.30. The monoisotopic (exact) mass is 275 g/mol. The lowest BCUT2D eigenvalue weighted by atomic mass is 9.87. The first-order valence-corrected chi connectivity index (χ1v) is 8.08. The number of nitrogens with one attached hydrogen (secondary N) is 1. The van der Waals surface area contributed by atoms with Gasteiger partial charge in [0.2, 0.25) is 0 Å². The van der Waals surface area contributed by atoms with Crippen LogP contribution in [0.5, 0.6) is 5.75 Å². The Labute approximate surface area is 123 Å². The second-order valence-electron chi connectivity index (χ2n) is 6.55. The van der Waals surface area contributed by atoms with E-state index in [0.717, 1.165) is 11.7 Å². The van der Waals surface area contributed by atoms with Crippen molar-refractivity contribution in [1.82, 2.24) is 5.32 Å². The lowest BCUT2D eigenvalue weighted by Crippen LogP contribution is -2.34. The Bertz CT molecular complexity index is 408. The van der Waals surface area contributed by atoms with Crippen LogP contribution < -0.4 is 10.1 Å². The molecule has 112 valence electrons. The van der Waals surface area contributed by atoms with Gasteiger partial charge < -0.3 is 10.1 Å². The van der Waals surface area contributed by atoms with Crippen LogP contribution in [0, 0.1) is 5.92 Å². The minimum Gasteiger partial charge on any atom is -0.491 e. The minimum absolute atomic E-state index is 0.221. The molecule has 0 radical (unpaired) electrons. The Morgan fingerprint density at radius 3 is 2.35 bits per heavy atom. The molecule has 0 amide bonds. The van der Waals surface area contributed by atoms with Crippen LogP contribution in [0.2, 0.25) is 0 Å². The van der Waals surface area contributed by atoms with Crippen LogP contribution in [0.15, 0.2) is 24.3 Å². The molecule has 1 unspecified atom stereocenters. The summed E-state index contributed by atoms with van der Waals surface area (Å²) in [4.78, 5) is 0. The summed E-state index contributed by atoms with van der Waals surface area (Å²) < 4.78 is 5.93. The number of benzene rings is 1. The van der Waals surface area contributed by atoms with Crippen LogP contribution in [0.4, 0.5) is 0 Å². The molecule has 0 aliphatic heterocycles. The highest BCUT2D eigenvalue weighted by Gasteiger charge is 2.21. The summed E-state index contributed by atoms with van der Waals surface area (Å²) >= 11 is 0. The molecule has 1 atom stereocenters. The zero-order valence-corrected chi connectivity index (χ0v) is 13.4. The Hall–Kier alpha value is -1.02. The van der Waals surface area contributed by atoms with E-state index >= 15 is 0 Å². The predicted octanol–water partition coefficient (Wildman–Crippen LogP) is 4.70. The van der Waals surface area contributed by atoms with Gasteiger partial charge in [-0.25, -0.2) is 0 Å². The second kappa shape index (κ2) is 7.12. The molecule has 20 heavy (non-hydrogen) atoms. The molecule has 1 aromatic carbocycles. The third-order valence-corrected chi connectivity index (χ3v) is 4.25. The van der Waals surface area contributed by atoms with E-state index in [2.05, 4.69) is 57.3 Å². The third-order valence-electron chi connectivity index (χ3n) is 4.25. The maximum atomic E-state index is 5.93. The van der Waals surface area contributed by atoms with Crippen LogP contribution >= 0.6 is 0 Å². The minimum atomic E-state index is 0.221. The second-order valence-corrected chi connectivity index (χ2v) is 6.55. The smallest absolute Gasteiger partial charge is 0.124 e. The molecular weight excluding hydrogens is 246 g/mol. The van der Waals surface area contributed by atoms with Crippen molar-refractivity contribution in [1.29, 1.82) is 0 Å². The molecule has 0 spiro atoms. The molecule has 1 N–H and O–H groups in total. The SMILES string of the molecule is CC1CCC(NC(C)c2ccccc2OC(C)C)CC1. The van der Waals surface area contributed by atoms with Crippen molar-refractivity contribution in [3.8, 4) is 5.75 Å². The highest BCUT2D eigenvalue weighted by molar-refractivity contribution is 5.35. The van der Waals surface area contributed by atoms with Crippen LogP contribution in [-0.4, -0.2) is 12.1 Å². The van der Waals surface area contributed by atoms with E-state index in [1.807, 2.05) is 0 Å². The standard InChI is InChI=1S/C18H29NO/c1-13(2)20-18-8-6-5-7-17(18)15(4)19-16-11-9-14(3)10-12-16/h5-8,13-16,19H,9-12H2,1-4H3. The molecular formula is C18H29NO. The first-order valence-electron chi connectivity index (χ1n) is 8.08. The van der Waals surface area contributed by atoms with Gasteiger partial charge in [0.15, 0.2) is 0 Å². The number of para-hydroxylation sites is 1. The summed E-state index contributed by atoms with van der Waals surface area (Å²) in [6.07, 6.45) is 5.54. The van der Waals surface area contributed by atoms with Gasteiger partial charge in [-0.2, -0.15) is 0 Å². The molecule has 2 nitrogen and oxygen atoms in total. The van der Waals surface area contributed by atoms with Crippen LogP contribution in [0.1, 0.15) is 65.0 Å². The largest absolute Gasteiger partial charge is 0.491 e. The Morgan fingerprint density at radius 1 is 1.05 bits per heavy atom. The van der Waals surface area contributed by atoms with E-state index in [1.54, 1.807) is 0 Å². The van der Waals surface area contributed by atoms with Crippen molar-refractivity contribution in [3.63, 3.8) is 0 Å². The van der Waals surface area contributed by atoms with Crippen molar-refractivity contribution in [3.05, 3.63) is 29.8 Å². The van der Waals surface area contributed by atoms with Gasteiger partial charge >= 0.3 is 0 Å². The first kappa shape index (κ1) is 15.4. The lowest BCUT2D eigenvalue weighted by molar-refractivity contribution is 0.235. The molecule has 0 saturated heterocycles. The fourth-order valence-electron chi connectivity index (χ4n) is 3.07. The van der Waals surface area contributed by atoms with E-state index in [1.165, 1.54) is 31.2 Å². The van der Waals surface area contributed by atoms with Gasteiger partial charge in [0.1, 0.15) is 5.75 Å². The first-order chi connectivity index (χ1) is 9.56. The summed E-state index contributed by atoms with van der Waals surface area (Å²) in [5.41, 5.74) is 1.28. The summed E-state index contributed by atoms with van der Waals surface area (Å²) in [5.74, 6) is 1.92. The van der Waals surface area contributed by atoms with Gasteiger partial charge in [-0.3, -0.25) is 0 Å². The maximum absolute atomic E-state index is 5.93. The van der Waals surface area contributed by atoms with E-state index < -0.39 is 0 Å². The molecule has 2 heteroatoms. The normalized spacial score (nSPS) is 24.6. The van der Waals surface area contributed by atoms with E-state index in [0.29, 0.717) is 12.1 Å². The third kappa shape index (κ3) is 4.24. The topological polar surface area (TPSA) is 21.3 Å². The molecule has 1 aromatic rings. The summed E-state index contributed by atoms with van der Waals surface area (Å²) in [6.45, 7) is 8.78. The van der Waals surface area contributed by atoms with Crippen molar-refractivity contribution in [2.75, 3.05) is 0 Å². The summed E-state index contributed by atoms with van der Waals surface area (Å²) in [6, 6.07) is 9.42. The van der Waals surface area contributed by atoms with E-state index in [-0.39, 0.29) is 6.10 Å². The quantitative estimate of drug-likeness (QED) is 0.840. The molecule has 1 saturated carbocycles. The molecule has 0 bridgehead atoms. The molecule has 2 rings (SSSR count).